The van der Waals surface area contributed by atoms with E-state index >= 15 is 0 Å². The molecule has 132 valence electrons. The lowest BCUT2D eigenvalue weighted by Crippen LogP contribution is -2.25. The summed E-state index contributed by atoms with van der Waals surface area (Å²) < 4.78 is 0. The van der Waals surface area contributed by atoms with E-state index in [0.717, 1.165) is 35.0 Å². The largest absolute Gasteiger partial charge is 0.358 e. The van der Waals surface area contributed by atoms with Gasteiger partial charge in [0.1, 0.15) is 0 Å². The fourth-order valence-electron chi connectivity index (χ4n) is 3.04. The molecule has 3 aromatic rings. The summed E-state index contributed by atoms with van der Waals surface area (Å²) in [6.45, 7) is 4.06. The molecule has 1 saturated carbocycles. The standard InChI is InChI=1S/C21H21N3O2/c1-12-13(2)22-19-9-6-15(11-18(12)19)21(26)24-17-5-3-4-14(10-17)20(25)23-16-7-8-16/h3-6,9-11,16,22H,7-8H2,1-2H3,(H,23,25)(H,24,26). The molecule has 26 heavy (non-hydrogen) atoms. The molecule has 0 saturated heterocycles. The van der Waals surface area contributed by atoms with Crippen molar-refractivity contribution in [2.24, 2.45) is 0 Å². The van der Waals surface area contributed by atoms with Crippen LogP contribution < -0.4 is 10.6 Å². The van der Waals surface area contributed by atoms with Crippen LogP contribution >= 0.6 is 0 Å². The predicted molar refractivity (Wildman–Crippen MR) is 103 cm³/mol. The maximum atomic E-state index is 12.6. The van der Waals surface area contributed by atoms with Crippen LogP contribution in [0.5, 0.6) is 0 Å². The highest BCUT2D eigenvalue weighted by Crippen LogP contribution is 2.23. The molecule has 2 aromatic carbocycles. The second-order valence-electron chi connectivity index (χ2n) is 6.92. The maximum absolute atomic E-state index is 12.6. The van der Waals surface area contributed by atoms with Gasteiger partial charge in [-0.05, 0) is 68.7 Å². The third kappa shape index (κ3) is 3.20. The first kappa shape index (κ1) is 16.4. The number of rotatable bonds is 4. The number of aromatic amines is 1. The van der Waals surface area contributed by atoms with Gasteiger partial charge in [0.05, 0.1) is 0 Å². The van der Waals surface area contributed by atoms with E-state index < -0.39 is 0 Å². The molecule has 0 unspecified atom stereocenters. The molecule has 5 heteroatoms. The van der Waals surface area contributed by atoms with E-state index in [4.69, 9.17) is 0 Å². The Morgan fingerprint density at radius 2 is 1.77 bits per heavy atom. The number of nitrogens with one attached hydrogen (secondary N) is 3. The summed E-state index contributed by atoms with van der Waals surface area (Å²) in [7, 11) is 0. The highest BCUT2D eigenvalue weighted by atomic mass is 16.2. The van der Waals surface area contributed by atoms with Gasteiger partial charge in [-0.1, -0.05) is 6.07 Å². The summed E-state index contributed by atoms with van der Waals surface area (Å²) in [6.07, 6.45) is 2.09. The van der Waals surface area contributed by atoms with Gasteiger partial charge in [0, 0.05) is 39.5 Å². The molecule has 1 fully saturated rings. The topological polar surface area (TPSA) is 74.0 Å². The van der Waals surface area contributed by atoms with Crippen LogP contribution in [0.3, 0.4) is 0 Å². The van der Waals surface area contributed by atoms with Crippen molar-refractivity contribution in [3.63, 3.8) is 0 Å². The number of carbonyl (C=O) groups is 2. The number of carbonyl (C=O) groups excluding carboxylic acids is 2. The van der Waals surface area contributed by atoms with Crippen molar-refractivity contribution < 1.29 is 9.59 Å². The lowest BCUT2D eigenvalue weighted by molar-refractivity contribution is 0.0949. The van der Waals surface area contributed by atoms with Crippen LogP contribution in [-0.2, 0) is 0 Å². The van der Waals surface area contributed by atoms with Crippen LogP contribution in [-0.4, -0.2) is 22.8 Å². The molecule has 0 spiro atoms. The van der Waals surface area contributed by atoms with Crippen LogP contribution in [0.4, 0.5) is 5.69 Å². The van der Waals surface area contributed by atoms with Gasteiger partial charge < -0.3 is 15.6 Å². The van der Waals surface area contributed by atoms with Crippen LogP contribution in [0.2, 0.25) is 0 Å². The molecule has 1 aliphatic carbocycles. The zero-order valence-corrected chi connectivity index (χ0v) is 14.8. The number of amides is 2. The number of anilines is 1. The zero-order valence-electron chi connectivity index (χ0n) is 14.8. The molecule has 0 bridgehead atoms. The second-order valence-corrected chi connectivity index (χ2v) is 6.92. The summed E-state index contributed by atoms with van der Waals surface area (Å²) in [5, 5.41) is 6.89. The Morgan fingerprint density at radius 1 is 1.00 bits per heavy atom. The average molecular weight is 347 g/mol. The lowest BCUT2D eigenvalue weighted by Gasteiger charge is -2.08. The Balaban J connectivity index is 1.54. The third-order valence-electron chi connectivity index (χ3n) is 4.87. The van der Waals surface area contributed by atoms with Crippen molar-refractivity contribution in [1.82, 2.24) is 10.3 Å². The molecule has 2 amide bonds. The van der Waals surface area contributed by atoms with Gasteiger partial charge >= 0.3 is 0 Å². The first-order valence-electron chi connectivity index (χ1n) is 8.82. The summed E-state index contributed by atoms with van der Waals surface area (Å²) in [4.78, 5) is 28.1. The van der Waals surface area contributed by atoms with Gasteiger partial charge in [-0.15, -0.1) is 0 Å². The SMILES string of the molecule is Cc1[nH]c2ccc(C(=O)Nc3cccc(C(=O)NC4CC4)c3)cc2c1C. The van der Waals surface area contributed by atoms with Crippen molar-refractivity contribution in [3.05, 3.63) is 64.8 Å². The Morgan fingerprint density at radius 3 is 2.54 bits per heavy atom. The summed E-state index contributed by atoms with van der Waals surface area (Å²) >= 11 is 0. The number of hydrogen-bond donors (Lipinski definition) is 3. The smallest absolute Gasteiger partial charge is 0.255 e. The van der Waals surface area contributed by atoms with Crippen molar-refractivity contribution in [3.8, 4) is 0 Å². The molecule has 0 radical (unpaired) electrons. The first-order chi connectivity index (χ1) is 12.5. The van der Waals surface area contributed by atoms with E-state index in [9.17, 15) is 9.59 Å². The fraction of sp³-hybridized carbons (Fsp3) is 0.238. The van der Waals surface area contributed by atoms with Crippen LogP contribution in [0.25, 0.3) is 10.9 Å². The Labute approximate surface area is 151 Å². The first-order valence-corrected chi connectivity index (χ1v) is 8.82. The monoisotopic (exact) mass is 347 g/mol. The van der Waals surface area contributed by atoms with Gasteiger partial charge in [-0.3, -0.25) is 9.59 Å². The minimum absolute atomic E-state index is 0.0940. The van der Waals surface area contributed by atoms with Gasteiger partial charge in [-0.25, -0.2) is 0 Å². The summed E-state index contributed by atoms with van der Waals surface area (Å²) in [5.74, 6) is -0.284. The van der Waals surface area contributed by atoms with Gasteiger partial charge in [0.2, 0.25) is 0 Å². The molecular formula is C21H21N3O2. The van der Waals surface area contributed by atoms with E-state index in [-0.39, 0.29) is 11.8 Å². The Hall–Kier alpha value is -3.08. The molecule has 5 nitrogen and oxygen atoms in total. The molecule has 0 aliphatic heterocycles. The van der Waals surface area contributed by atoms with E-state index in [1.54, 1.807) is 30.3 Å². The quantitative estimate of drug-likeness (QED) is 0.669. The van der Waals surface area contributed by atoms with E-state index in [1.807, 2.05) is 26.0 Å². The maximum Gasteiger partial charge on any atom is 0.255 e. The second kappa shape index (κ2) is 6.33. The molecule has 1 aromatic heterocycles. The van der Waals surface area contributed by atoms with Gasteiger partial charge in [-0.2, -0.15) is 0 Å². The highest BCUT2D eigenvalue weighted by Gasteiger charge is 2.23. The van der Waals surface area contributed by atoms with Gasteiger partial charge in [0.25, 0.3) is 11.8 Å². The number of H-pyrrole nitrogens is 1. The van der Waals surface area contributed by atoms with E-state index in [1.165, 1.54) is 0 Å². The number of aryl methyl sites for hydroxylation is 2. The lowest BCUT2D eigenvalue weighted by atomic mass is 10.1. The third-order valence-corrected chi connectivity index (χ3v) is 4.87. The molecule has 4 rings (SSSR count). The number of benzene rings is 2. The zero-order chi connectivity index (χ0) is 18.3. The van der Waals surface area contributed by atoms with E-state index in [2.05, 4.69) is 15.6 Å². The number of aromatic nitrogens is 1. The van der Waals surface area contributed by atoms with Crippen molar-refractivity contribution in [1.29, 1.82) is 0 Å². The molecule has 1 aliphatic rings. The summed E-state index contributed by atoms with van der Waals surface area (Å²) in [6, 6.07) is 13.0. The van der Waals surface area contributed by atoms with Crippen LogP contribution in [0.1, 0.15) is 44.8 Å². The summed E-state index contributed by atoms with van der Waals surface area (Å²) in [5.41, 5.74) is 5.03. The average Bonchev–Trinajstić information content (AvgIpc) is 3.40. The Kier molecular flexibility index (Phi) is 3.99. The Bertz CT molecular complexity index is 1020. The van der Waals surface area contributed by atoms with Gasteiger partial charge in [0.15, 0.2) is 0 Å². The van der Waals surface area contributed by atoms with Crippen molar-refractivity contribution >= 4 is 28.4 Å². The fourth-order valence-corrected chi connectivity index (χ4v) is 3.04. The van der Waals surface area contributed by atoms with E-state index in [0.29, 0.717) is 22.9 Å². The minimum atomic E-state index is -0.190. The van der Waals surface area contributed by atoms with Crippen molar-refractivity contribution in [2.45, 2.75) is 32.7 Å². The van der Waals surface area contributed by atoms with Crippen LogP contribution in [0, 0.1) is 13.8 Å². The number of fused-ring (bicyclic) bond motifs is 1. The molecule has 0 atom stereocenters. The highest BCUT2D eigenvalue weighted by molar-refractivity contribution is 6.07. The predicted octanol–water partition coefficient (Wildman–Crippen LogP) is 3.93. The minimum Gasteiger partial charge on any atom is -0.358 e. The van der Waals surface area contributed by atoms with Crippen LogP contribution in [0.15, 0.2) is 42.5 Å². The molecular weight excluding hydrogens is 326 g/mol. The molecule has 3 N–H and O–H groups in total. The number of hydrogen-bond acceptors (Lipinski definition) is 2. The van der Waals surface area contributed by atoms with Crippen molar-refractivity contribution in [2.75, 3.05) is 5.32 Å². The normalized spacial score (nSPS) is 13.6. The molecule has 1 heterocycles.